The molecule has 2 heterocycles. The molecular formula is C19H26N2O4. The first kappa shape index (κ1) is 17.6. The second kappa shape index (κ2) is 6.94. The highest BCUT2D eigenvalue weighted by molar-refractivity contribution is 5.95. The Labute approximate surface area is 148 Å². The molecule has 0 bridgehead atoms. The standard InChI is InChI=1S/C19H26N2O4/c1-19(2,3)11-17(22)20-14-6-8-21(9-7-14)18(23)13-4-5-15-16(10-13)25-12-24-15/h4-5,10,14H,6-9,11-12H2,1-3H3,(H,20,22). The van der Waals surface area contributed by atoms with Gasteiger partial charge in [0, 0.05) is 31.1 Å². The van der Waals surface area contributed by atoms with Crippen LogP contribution < -0.4 is 14.8 Å². The van der Waals surface area contributed by atoms with Gasteiger partial charge in [0.25, 0.3) is 5.91 Å². The fourth-order valence-electron chi connectivity index (χ4n) is 3.20. The van der Waals surface area contributed by atoms with Gasteiger partial charge in [-0.3, -0.25) is 9.59 Å². The molecule has 0 atom stereocenters. The second-order valence-corrected chi connectivity index (χ2v) is 7.94. The second-order valence-electron chi connectivity index (χ2n) is 7.94. The smallest absolute Gasteiger partial charge is 0.253 e. The molecule has 6 nitrogen and oxygen atoms in total. The SMILES string of the molecule is CC(C)(C)CC(=O)NC1CCN(C(=O)c2ccc3c(c2)OCO3)CC1. The van der Waals surface area contributed by atoms with E-state index in [9.17, 15) is 9.59 Å². The van der Waals surface area contributed by atoms with E-state index >= 15 is 0 Å². The molecule has 0 aromatic heterocycles. The number of benzene rings is 1. The number of amides is 2. The molecule has 1 aromatic carbocycles. The van der Waals surface area contributed by atoms with E-state index in [-0.39, 0.29) is 30.1 Å². The van der Waals surface area contributed by atoms with Gasteiger partial charge in [0.1, 0.15) is 0 Å². The van der Waals surface area contributed by atoms with Crippen molar-refractivity contribution in [2.24, 2.45) is 5.41 Å². The van der Waals surface area contributed by atoms with Crippen LogP contribution in [0.25, 0.3) is 0 Å². The fraction of sp³-hybridized carbons (Fsp3) is 0.579. The number of hydrogen-bond donors (Lipinski definition) is 1. The Hall–Kier alpha value is -2.24. The third-order valence-corrected chi connectivity index (χ3v) is 4.46. The molecule has 1 saturated heterocycles. The lowest BCUT2D eigenvalue weighted by Crippen LogP contribution is -2.47. The summed E-state index contributed by atoms with van der Waals surface area (Å²) in [5.74, 6) is 1.39. The normalized spacial score (nSPS) is 17.5. The summed E-state index contributed by atoms with van der Waals surface area (Å²) in [5.41, 5.74) is 0.597. The van der Waals surface area contributed by atoms with Crippen LogP contribution in [-0.4, -0.2) is 42.6 Å². The third kappa shape index (κ3) is 4.44. The maximum Gasteiger partial charge on any atom is 0.253 e. The minimum absolute atomic E-state index is 0.00207. The monoisotopic (exact) mass is 346 g/mol. The summed E-state index contributed by atoms with van der Waals surface area (Å²) in [7, 11) is 0. The molecule has 6 heteroatoms. The van der Waals surface area contributed by atoms with Crippen molar-refractivity contribution < 1.29 is 19.1 Å². The van der Waals surface area contributed by atoms with E-state index in [0.29, 0.717) is 36.6 Å². The molecule has 2 aliphatic heterocycles. The van der Waals surface area contributed by atoms with Gasteiger partial charge in [-0.2, -0.15) is 0 Å². The van der Waals surface area contributed by atoms with Crippen LogP contribution in [0.3, 0.4) is 0 Å². The Morgan fingerprint density at radius 3 is 2.52 bits per heavy atom. The predicted octanol–water partition coefficient (Wildman–Crippen LogP) is 2.57. The van der Waals surface area contributed by atoms with Crippen LogP contribution in [0, 0.1) is 5.41 Å². The number of fused-ring (bicyclic) bond motifs is 1. The lowest BCUT2D eigenvalue weighted by Gasteiger charge is -2.33. The van der Waals surface area contributed by atoms with Crippen molar-refractivity contribution in [3.8, 4) is 11.5 Å². The summed E-state index contributed by atoms with van der Waals surface area (Å²) in [6.07, 6.45) is 2.09. The molecule has 3 rings (SSSR count). The zero-order chi connectivity index (χ0) is 18.0. The zero-order valence-corrected chi connectivity index (χ0v) is 15.1. The molecule has 0 aliphatic carbocycles. The molecule has 0 radical (unpaired) electrons. The number of rotatable bonds is 3. The number of nitrogens with zero attached hydrogens (tertiary/aromatic N) is 1. The first-order valence-electron chi connectivity index (χ1n) is 8.80. The maximum atomic E-state index is 12.7. The van der Waals surface area contributed by atoms with Gasteiger partial charge in [0.15, 0.2) is 11.5 Å². The van der Waals surface area contributed by atoms with Gasteiger partial charge in [0.05, 0.1) is 0 Å². The highest BCUT2D eigenvalue weighted by atomic mass is 16.7. The number of likely N-dealkylation sites (tertiary alicyclic amines) is 1. The lowest BCUT2D eigenvalue weighted by atomic mass is 9.91. The van der Waals surface area contributed by atoms with Crippen LogP contribution in [0.2, 0.25) is 0 Å². The summed E-state index contributed by atoms with van der Waals surface area (Å²) < 4.78 is 10.6. The first-order chi connectivity index (χ1) is 11.8. The van der Waals surface area contributed by atoms with Crippen LogP contribution in [0.4, 0.5) is 0 Å². The summed E-state index contributed by atoms with van der Waals surface area (Å²) in [4.78, 5) is 26.6. The van der Waals surface area contributed by atoms with E-state index in [2.05, 4.69) is 26.1 Å². The highest BCUT2D eigenvalue weighted by Crippen LogP contribution is 2.33. The lowest BCUT2D eigenvalue weighted by molar-refractivity contribution is -0.123. The van der Waals surface area contributed by atoms with Crippen LogP contribution >= 0.6 is 0 Å². The number of hydrogen-bond acceptors (Lipinski definition) is 4. The molecule has 25 heavy (non-hydrogen) atoms. The van der Waals surface area contributed by atoms with Crippen molar-refractivity contribution in [1.29, 1.82) is 0 Å². The molecule has 2 amide bonds. The summed E-state index contributed by atoms with van der Waals surface area (Å²) in [5, 5.41) is 3.10. The van der Waals surface area contributed by atoms with E-state index < -0.39 is 0 Å². The Morgan fingerprint density at radius 2 is 1.84 bits per heavy atom. The number of ether oxygens (including phenoxy) is 2. The largest absolute Gasteiger partial charge is 0.454 e. The van der Waals surface area contributed by atoms with Crippen LogP contribution in [-0.2, 0) is 4.79 Å². The number of carbonyl (C=O) groups excluding carboxylic acids is 2. The molecule has 0 spiro atoms. The molecule has 2 aliphatic rings. The van der Waals surface area contributed by atoms with E-state index in [0.717, 1.165) is 12.8 Å². The zero-order valence-electron chi connectivity index (χ0n) is 15.1. The van der Waals surface area contributed by atoms with Crippen LogP contribution in [0.1, 0.15) is 50.4 Å². The minimum atomic E-state index is -0.0138. The van der Waals surface area contributed by atoms with Crippen LogP contribution in [0.5, 0.6) is 11.5 Å². The van der Waals surface area contributed by atoms with Gasteiger partial charge in [-0.05, 0) is 36.5 Å². The molecular weight excluding hydrogens is 320 g/mol. The Balaban J connectivity index is 1.52. The predicted molar refractivity (Wildman–Crippen MR) is 93.7 cm³/mol. The summed E-state index contributed by atoms with van der Waals surface area (Å²) >= 11 is 0. The molecule has 136 valence electrons. The van der Waals surface area contributed by atoms with Gasteiger partial charge >= 0.3 is 0 Å². The molecule has 0 unspecified atom stereocenters. The minimum Gasteiger partial charge on any atom is -0.454 e. The van der Waals surface area contributed by atoms with Gasteiger partial charge < -0.3 is 19.7 Å². The van der Waals surface area contributed by atoms with Crippen molar-refractivity contribution in [1.82, 2.24) is 10.2 Å². The van der Waals surface area contributed by atoms with Gasteiger partial charge in [0.2, 0.25) is 12.7 Å². The van der Waals surface area contributed by atoms with Crippen molar-refractivity contribution in [3.05, 3.63) is 23.8 Å². The number of nitrogens with one attached hydrogen (secondary N) is 1. The van der Waals surface area contributed by atoms with E-state index in [1.165, 1.54) is 0 Å². The summed E-state index contributed by atoms with van der Waals surface area (Å²) in [6.45, 7) is 7.66. The van der Waals surface area contributed by atoms with Crippen molar-refractivity contribution >= 4 is 11.8 Å². The highest BCUT2D eigenvalue weighted by Gasteiger charge is 2.26. The molecule has 0 saturated carbocycles. The quantitative estimate of drug-likeness (QED) is 0.913. The van der Waals surface area contributed by atoms with E-state index in [1.807, 2.05) is 4.90 Å². The summed E-state index contributed by atoms with van der Waals surface area (Å²) in [6, 6.07) is 5.43. The average Bonchev–Trinajstić information content (AvgIpc) is 3.00. The van der Waals surface area contributed by atoms with Crippen molar-refractivity contribution in [3.63, 3.8) is 0 Å². The molecule has 1 fully saturated rings. The molecule has 1 aromatic rings. The molecule has 1 N–H and O–H groups in total. The topological polar surface area (TPSA) is 67.9 Å². The van der Waals surface area contributed by atoms with Gasteiger partial charge in [-0.25, -0.2) is 0 Å². The average molecular weight is 346 g/mol. The Kier molecular flexibility index (Phi) is 4.88. The number of piperidine rings is 1. The fourth-order valence-corrected chi connectivity index (χ4v) is 3.20. The Bertz CT molecular complexity index is 658. The van der Waals surface area contributed by atoms with Crippen LogP contribution in [0.15, 0.2) is 18.2 Å². The van der Waals surface area contributed by atoms with Gasteiger partial charge in [-0.1, -0.05) is 20.8 Å². The third-order valence-electron chi connectivity index (χ3n) is 4.46. The van der Waals surface area contributed by atoms with Crippen molar-refractivity contribution in [2.45, 2.75) is 46.1 Å². The van der Waals surface area contributed by atoms with Gasteiger partial charge in [-0.15, -0.1) is 0 Å². The number of carbonyl (C=O) groups is 2. The first-order valence-corrected chi connectivity index (χ1v) is 8.80. The Morgan fingerprint density at radius 1 is 1.16 bits per heavy atom. The van der Waals surface area contributed by atoms with E-state index in [4.69, 9.17) is 9.47 Å². The van der Waals surface area contributed by atoms with E-state index in [1.54, 1.807) is 18.2 Å². The van der Waals surface area contributed by atoms with Crippen molar-refractivity contribution in [2.75, 3.05) is 19.9 Å². The maximum absolute atomic E-state index is 12.7.